The number of ether oxygens (including phenoxy) is 1. The first-order chi connectivity index (χ1) is 9.11. The highest BCUT2D eigenvalue weighted by molar-refractivity contribution is 7.98. The lowest BCUT2D eigenvalue weighted by Crippen LogP contribution is -2.46. The molecule has 112 valence electrons. The van der Waals surface area contributed by atoms with E-state index in [1.165, 1.54) is 7.11 Å². The second-order valence-corrected chi connectivity index (χ2v) is 5.11. The van der Waals surface area contributed by atoms with Crippen LogP contribution in [0, 0.1) is 0 Å². The van der Waals surface area contributed by atoms with Crippen molar-refractivity contribution >= 4 is 23.8 Å². The Bertz CT molecular complexity index is 264. The number of unbranched alkanes of at least 4 members (excludes halogenated alkanes) is 2. The van der Waals surface area contributed by atoms with Crippen LogP contribution in [0.25, 0.3) is 0 Å². The van der Waals surface area contributed by atoms with Gasteiger partial charge in [0.05, 0.1) is 0 Å². The van der Waals surface area contributed by atoms with E-state index in [-0.39, 0.29) is 6.42 Å². The van der Waals surface area contributed by atoms with Crippen LogP contribution in [0.15, 0.2) is 0 Å². The molecule has 1 unspecified atom stereocenters. The Hall–Kier alpha value is -0.950. The molecule has 0 aromatic rings. The number of nitrogens with one attached hydrogen (secondary N) is 2. The van der Waals surface area contributed by atoms with Crippen LogP contribution in [-0.2, 0) is 9.53 Å². The number of aliphatic carboxylic acids is 1. The molecule has 19 heavy (non-hydrogen) atoms. The summed E-state index contributed by atoms with van der Waals surface area (Å²) in [6, 6.07) is -1.34. The van der Waals surface area contributed by atoms with Gasteiger partial charge in [0.1, 0.15) is 6.04 Å². The van der Waals surface area contributed by atoms with Crippen LogP contribution >= 0.6 is 11.8 Å². The summed E-state index contributed by atoms with van der Waals surface area (Å²) in [5, 5.41) is 14.0. The third-order valence-electron chi connectivity index (χ3n) is 2.52. The average Bonchev–Trinajstić information content (AvgIpc) is 2.38. The molecule has 3 N–H and O–H groups in total. The Morgan fingerprint density at radius 1 is 1.32 bits per heavy atom. The molecule has 0 radical (unpaired) electrons. The molecule has 0 heterocycles. The van der Waals surface area contributed by atoms with Gasteiger partial charge >= 0.3 is 12.0 Å². The predicted molar refractivity (Wildman–Crippen MR) is 76.7 cm³/mol. The summed E-state index contributed by atoms with van der Waals surface area (Å²) in [6.07, 6.45) is 5.43. The number of hydrogen-bond donors (Lipinski definition) is 3. The molecular formula is C12H24N2O4S. The molecule has 0 aromatic carbocycles. The van der Waals surface area contributed by atoms with Gasteiger partial charge in [0.15, 0.2) is 0 Å². The molecule has 0 rings (SSSR count). The maximum atomic E-state index is 11.5. The fourth-order valence-corrected chi connectivity index (χ4v) is 1.95. The average molecular weight is 292 g/mol. The molecule has 7 heteroatoms. The molecule has 2 amide bonds. The van der Waals surface area contributed by atoms with Crippen molar-refractivity contribution in [2.45, 2.75) is 31.7 Å². The predicted octanol–water partition coefficient (Wildman–Crippen LogP) is 1.31. The van der Waals surface area contributed by atoms with Gasteiger partial charge < -0.3 is 20.5 Å². The lowest BCUT2D eigenvalue weighted by Gasteiger charge is -2.14. The zero-order valence-electron chi connectivity index (χ0n) is 11.6. The first-order valence-corrected chi connectivity index (χ1v) is 7.76. The quantitative estimate of drug-likeness (QED) is 0.500. The minimum Gasteiger partial charge on any atom is -0.480 e. The standard InChI is InChI=1S/C12H24N2O4S/c1-18-8-6-10(11(15)16)14-12(17)13-7-4-3-5-9-19-2/h10H,3-9H2,1-2H3,(H,15,16)(H2,13,14,17). The van der Waals surface area contributed by atoms with Crippen LogP contribution in [0.3, 0.4) is 0 Å². The first-order valence-electron chi connectivity index (χ1n) is 6.36. The summed E-state index contributed by atoms with van der Waals surface area (Å²) in [6.45, 7) is 0.864. The number of rotatable bonds is 11. The maximum absolute atomic E-state index is 11.5. The fraction of sp³-hybridized carbons (Fsp3) is 0.833. The maximum Gasteiger partial charge on any atom is 0.326 e. The number of carboxylic acid groups (broad SMARTS) is 1. The SMILES string of the molecule is COCCC(NC(=O)NCCCCCSC)C(=O)O. The second kappa shape index (κ2) is 12.1. The van der Waals surface area contributed by atoms with E-state index >= 15 is 0 Å². The van der Waals surface area contributed by atoms with Gasteiger partial charge in [-0.3, -0.25) is 0 Å². The first kappa shape index (κ1) is 18.0. The summed E-state index contributed by atoms with van der Waals surface area (Å²) in [7, 11) is 1.49. The van der Waals surface area contributed by atoms with Crippen LogP contribution in [0.4, 0.5) is 4.79 Å². The van der Waals surface area contributed by atoms with Crippen molar-refractivity contribution in [2.75, 3.05) is 32.3 Å². The Kier molecular flexibility index (Phi) is 11.5. The van der Waals surface area contributed by atoms with Crippen molar-refractivity contribution in [2.24, 2.45) is 0 Å². The van der Waals surface area contributed by atoms with Crippen molar-refractivity contribution < 1.29 is 19.4 Å². The molecule has 1 atom stereocenters. The summed E-state index contributed by atoms with van der Waals surface area (Å²) < 4.78 is 4.80. The van der Waals surface area contributed by atoms with Gasteiger partial charge in [-0.15, -0.1) is 0 Å². The molecule has 0 aliphatic carbocycles. The number of urea groups is 1. The molecule has 0 saturated heterocycles. The monoisotopic (exact) mass is 292 g/mol. The Balaban J connectivity index is 3.71. The minimum absolute atomic E-state index is 0.257. The highest BCUT2D eigenvalue weighted by atomic mass is 32.2. The molecule has 0 fully saturated rings. The van der Waals surface area contributed by atoms with Gasteiger partial charge in [0.25, 0.3) is 0 Å². The van der Waals surface area contributed by atoms with E-state index < -0.39 is 18.0 Å². The van der Waals surface area contributed by atoms with Crippen LogP contribution < -0.4 is 10.6 Å². The van der Waals surface area contributed by atoms with E-state index in [1.807, 2.05) is 11.8 Å². The van der Waals surface area contributed by atoms with E-state index in [2.05, 4.69) is 16.9 Å². The third-order valence-corrected chi connectivity index (χ3v) is 3.22. The van der Waals surface area contributed by atoms with Gasteiger partial charge in [-0.25, -0.2) is 9.59 Å². The van der Waals surface area contributed by atoms with Crippen LogP contribution in [0.5, 0.6) is 0 Å². The normalized spacial score (nSPS) is 11.9. The molecule has 0 spiro atoms. The number of carbonyl (C=O) groups is 2. The summed E-state index contributed by atoms with van der Waals surface area (Å²) >= 11 is 1.81. The van der Waals surface area contributed by atoms with Crippen LogP contribution in [0.1, 0.15) is 25.7 Å². The lowest BCUT2D eigenvalue weighted by atomic mass is 10.2. The van der Waals surface area contributed by atoms with Crippen molar-refractivity contribution in [1.82, 2.24) is 10.6 Å². The van der Waals surface area contributed by atoms with Gasteiger partial charge in [-0.1, -0.05) is 6.42 Å². The highest BCUT2D eigenvalue weighted by Gasteiger charge is 2.18. The Labute approximate surface area is 118 Å². The molecule has 6 nitrogen and oxygen atoms in total. The zero-order valence-corrected chi connectivity index (χ0v) is 12.4. The van der Waals surface area contributed by atoms with Gasteiger partial charge in [-0.2, -0.15) is 11.8 Å². The molecule has 0 aliphatic rings. The minimum atomic E-state index is -1.05. The summed E-state index contributed by atoms with van der Waals surface area (Å²) in [5.74, 6) is 0.0804. The fourth-order valence-electron chi connectivity index (χ4n) is 1.45. The lowest BCUT2D eigenvalue weighted by molar-refractivity contribution is -0.139. The number of methoxy groups -OCH3 is 1. The van der Waals surface area contributed by atoms with Crippen LogP contribution in [0.2, 0.25) is 0 Å². The molecule has 0 aliphatic heterocycles. The zero-order chi connectivity index (χ0) is 14.5. The highest BCUT2D eigenvalue weighted by Crippen LogP contribution is 2.01. The molecule has 0 bridgehead atoms. The van der Waals surface area contributed by atoms with Gasteiger partial charge in [-0.05, 0) is 24.9 Å². The topological polar surface area (TPSA) is 87.7 Å². The number of hydrogen-bond acceptors (Lipinski definition) is 4. The van der Waals surface area contributed by atoms with Gasteiger partial charge in [0.2, 0.25) is 0 Å². The van der Waals surface area contributed by atoms with E-state index in [0.29, 0.717) is 13.2 Å². The number of amides is 2. The van der Waals surface area contributed by atoms with Gasteiger partial charge in [0, 0.05) is 26.7 Å². The number of carboxylic acids is 1. The Morgan fingerprint density at radius 3 is 2.63 bits per heavy atom. The summed E-state index contributed by atoms with van der Waals surface area (Å²) in [5.41, 5.74) is 0. The number of carbonyl (C=O) groups excluding carboxylic acids is 1. The van der Waals surface area contributed by atoms with E-state index in [1.54, 1.807) is 0 Å². The van der Waals surface area contributed by atoms with E-state index in [9.17, 15) is 9.59 Å². The van der Waals surface area contributed by atoms with Crippen molar-refractivity contribution in [3.63, 3.8) is 0 Å². The largest absolute Gasteiger partial charge is 0.480 e. The van der Waals surface area contributed by atoms with Crippen molar-refractivity contribution in [1.29, 1.82) is 0 Å². The Morgan fingerprint density at radius 2 is 2.05 bits per heavy atom. The molecular weight excluding hydrogens is 268 g/mol. The summed E-state index contributed by atoms with van der Waals surface area (Å²) in [4.78, 5) is 22.4. The third kappa shape index (κ3) is 10.6. The van der Waals surface area contributed by atoms with Crippen molar-refractivity contribution in [3.05, 3.63) is 0 Å². The number of thioether (sulfide) groups is 1. The second-order valence-electron chi connectivity index (χ2n) is 4.13. The van der Waals surface area contributed by atoms with Crippen LogP contribution in [-0.4, -0.2) is 55.4 Å². The van der Waals surface area contributed by atoms with E-state index in [0.717, 1.165) is 25.0 Å². The smallest absolute Gasteiger partial charge is 0.326 e. The molecule has 0 aromatic heterocycles. The van der Waals surface area contributed by atoms with Crippen molar-refractivity contribution in [3.8, 4) is 0 Å². The van der Waals surface area contributed by atoms with E-state index in [4.69, 9.17) is 9.84 Å². The molecule has 0 saturated carbocycles.